The predicted octanol–water partition coefficient (Wildman–Crippen LogP) is 2.41. The smallest absolute Gasteiger partial charge is 0.330 e. The molecule has 0 aliphatic rings. The van der Waals surface area contributed by atoms with E-state index in [1.165, 1.54) is 15.5 Å². The normalized spacial score (nSPS) is 10.6. The molecule has 0 bridgehead atoms. The molecule has 0 atom stereocenters. The monoisotopic (exact) mass is 350 g/mol. The number of allylic oxidation sites excluding steroid dienone is 1. The van der Waals surface area contributed by atoms with Crippen molar-refractivity contribution >= 4 is 17.4 Å². The number of amides is 1. The van der Waals surface area contributed by atoms with E-state index < -0.39 is 11.2 Å². The van der Waals surface area contributed by atoms with Gasteiger partial charge in [0.2, 0.25) is 0 Å². The van der Waals surface area contributed by atoms with Gasteiger partial charge in [0.15, 0.2) is 5.69 Å². The van der Waals surface area contributed by atoms with Crippen molar-refractivity contribution in [1.82, 2.24) is 9.55 Å². The lowest BCUT2D eigenvalue weighted by Gasteiger charge is -2.23. The van der Waals surface area contributed by atoms with E-state index in [1.807, 2.05) is 20.8 Å². The molecular weight excluding hydrogens is 320 g/mol. The largest absolute Gasteiger partial charge is 0.383 e. The van der Waals surface area contributed by atoms with E-state index in [2.05, 4.69) is 11.9 Å². The molecule has 0 saturated carbocycles. The first-order valence-electron chi connectivity index (χ1n) is 8.92. The number of anilines is 2. The summed E-state index contributed by atoms with van der Waals surface area (Å²) in [7, 11) is 0. The minimum atomic E-state index is -0.623. The maximum atomic E-state index is 12.6. The molecule has 0 aromatic carbocycles. The van der Waals surface area contributed by atoms with Crippen LogP contribution in [0, 0.1) is 0 Å². The molecule has 7 heteroatoms. The fourth-order valence-corrected chi connectivity index (χ4v) is 2.55. The van der Waals surface area contributed by atoms with Gasteiger partial charge in [0.05, 0.1) is 0 Å². The summed E-state index contributed by atoms with van der Waals surface area (Å²) in [5.74, 6) is -0.247. The van der Waals surface area contributed by atoms with Crippen LogP contribution in [0.4, 0.5) is 11.5 Å². The molecule has 1 rings (SSSR count). The SMILES string of the molecule is CCCCCN(C(=O)C=C(C)C)c1c(N)n(CCCC)c(=O)[nH]c1=O. The number of aromatic nitrogens is 2. The van der Waals surface area contributed by atoms with E-state index in [1.54, 1.807) is 0 Å². The molecule has 0 radical (unpaired) electrons. The van der Waals surface area contributed by atoms with Crippen molar-refractivity contribution in [2.45, 2.75) is 66.3 Å². The number of H-pyrrole nitrogens is 1. The summed E-state index contributed by atoms with van der Waals surface area (Å²) >= 11 is 0. The van der Waals surface area contributed by atoms with Gasteiger partial charge in [-0.15, -0.1) is 0 Å². The van der Waals surface area contributed by atoms with Gasteiger partial charge >= 0.3 is 5.69 Å². The highest BCUT2D eigenvalue weighted by atomic mass is 16.2. The first-order valence-corrected chi connectivity index (χ1v) is 8.92. The van der Waals surface area contributed by atoms with Gasteiger partial charge in [0.25, 0.3) is 11.5 Å². The molecule has 1 aromatic rings. The number of nitrogens with two attached hydrogens (primary N) is 1. The number of rotatable bonds is 9. The minimum Gasteiger partial charge on any atom is -0.383 e. The van der Waals surface area contributed by atoms with Crippen molar-refractivity contribution in [3.05, 3.63) is 32.5 Å². The molecular formula is C18H30N4O3. The van der Waals surface area contributed by atoms with Gasteiger partial charge in [-0.2, -0.15) is 0 Å². The first kappa shape index (κ1) is 20.7. The molecule has 25 heavy (non-hydrogen) atoms. The Morgan fingerprint density at radius 2 is 1.80 bits per heavy atom. The van der Waals surface area contributed by atoms with Crippen LogP contribution in [-0.2, 0) is 11.3 Å². The van der Waals surface area contributed by atoms with Crippen molar-refractivity contribution in [1.29, 1.82) is 0 Å². The molecule has 7 nitrogen and oxygen atoms in total. The van der Waals surface area contributed by atoms with Crippen LogP contribution >= 0.6 is 0 Å². The van der Waals surface area contributed by atoms with Crippen LogP contribution in [0.1, 0.15) is 59.8 Å². The summed E-state index contributed by atoms with van der Waals surface area (Å²) in [6, 6.07) is 0. The summed E-state index contributed by atoms with van der Waals surface area (Å²) in [5, 5.41) is 0. The lowest BCUT2D eigenvalue weighted by atomic mass is 10.2. The van der Waals surface area contributed by atoms with Crippen LogP contribution in [0.2, 0.25) is 0 Å². The summed E-state index contributed by atoms with van der Waals surface area (Å²) in [6.45, 7) is 8.49. The lowest BCUT2D eigenvalue weighted by molar-refractivity contribution is -0.114. The predicted molar refractivity (Wildman–Crippen MR) is 102 cm³/mol. The third-order valence-electron chi connectivity index (χ3n) is 3.88. The van der Waals surface area contributed by atoms with E-state index in [4.69, 9.17) is 5.73 Å². The van der Waals surface area contributed by atoms with Gasteiger partial charge in [-0.05, 0) is 26.7 Å². The van der Waals surface area contributed by atoms with E-state index in [0.29, 0.717) is 13.1 Å². The van der Waals surface area contributed by atoms with Gasteiger partial charge in [0.1, 0.15) is 5.82 Å². The van der Waals surface area contributed by atoms with Crippen LogP contribution in [0.3, 0.4) is 0 Å². The Labute approximate surface area is 148 Å². The fourth-order valence-electron chi connectivity index (χ4n) is 2.55. The molecule has 1 heterocycles. The number of carbonyl (C=O) groups is 1. The van der Waals surface area contributed by atoms with Crippen LogP contribution < -0.4 is 21.9 Å². The third-order valence-corrected chi connectivity index (χ3v) is 3.88. The van der Waals surface area contributed by atoms with Crippen LogP contribution in [0.5, 0.6) is 0 Å². The number of nitrogen functional groups attached to an aromatic ring is 1. The molecule has 0 aliphatic carbocycles. The molecule has 0 saturated heterocycles. The first-order chi connectivity index (χ1) is 11.8. The summed E-state index contributed by atoms with van der Waals surface area (Å²) in [6.07, 6.45) is 5.81. The van der Waals surface area contributed by atoms with Crippen molar-refractivity contribution in [3.8, 4) is 0 Å². The number of aromatic amines is 1. The molecule has 0 spiro atoms. The maximum Gasteiger partial charge on any atom is 0.330 e. The highest BCUT2D eigenvalue weighted by Gasteiger charge is 2.22. The van der Waals surface area contributed by atoms with Gasteiger partial charge in [-0.25, -0.2) is 4.79 Å². The van der Waals surface area contributed by atoms with Gasteiger partial charge in [-0.3, -0.25) is 19.1 Å². The van der Waals surface area contributed by atoms with Crippen molar-refractivity contribution in [2.75, 3.05) is 17.2 Å². The second-order valence-corrected chi connectivity index (χ2v) is 6.42. The van der Waals surface area contributed by atoms with Crippen LogP contribution in [0.15, 0.2) is 21.2 Å². The zero-order valence-electron chi connectivity index (χ0n) is 15.7. The summed E-state index contributed by atoms with van der Waals surface area (Å²) in [4.78, 5) is 40.7. The van der Waals surface area contributed by atoms with E-state index >= 15 is 0 Å². The molecule has 0 unspecified atom stereocenters. The average Bonchev–Trinajstić information content (AvgIpc) is 2.52. The molecule has 1 aromatic heterocycles. The molecule has 1 amide bonds. The van der Waals surface area contributed by atoms with E-state index in [-0.39, 0.29) is 17.4 Å². The topological polar surface area (TPSA) is 101 Å². The van der Waals surface area contributed by atoms with Crippen LogP contribution in [-0.4, -0.2) is 22.0 Å². The molecule has 140 valence electrons. The van der Waals surface area contributed by atoms with E-state index in [9.17, 15) is 14.4 Å². The van der Waals surface area contributed by atoms with Crippen molar-refractivity contribution < 1.29 is 4.79 Å². The summed E-state index contributed by atoms with van der Waals surface area (Å²) in [5.41, 5.74) is 5.86. The average molecular weight is 350 g/mol. The summed E-state index contributed by atoms with van der Waals surface area (Å²) < 4.78 is 1.34. The minimum absolute atomic E-state index is 0.0502. The third kappa shape index (κ3) is 5.62. The Bertz CT molecular complexity index is 727. The molecule has 0 aliphatic heterocycles. The Kier molecular flexibility index (Phi) is 8.18. The Morgan fingerprint density at radius 1 is 1.16 bits per heavy atom. The molecule has 3 N–H and O–H groups in total. The van der Waals surface area contributed by atoms with Gasteiger partial charge < -0.3 is 10.6 Å². The van der Waals surface area contributed by atoms with Gasteiger partial charge in [-0.1, -0.05) is 38.7 Å². The second-order valence-electron chi connectivity index (χ2n) is 6.42. The van der Waals surface area contributed by atoms with Crippen LogP contribution in [0.25, 0.3) is 0 Å². The van der Waals surface area contributed by atoms with E-state index in [0.717, 1.165) is 37.7 Å². The number of unbranched alkanes of at least 4 members (excludes halogenated alkanes) is 3. The zero-order chi connectivity index (χ0) is 19.0. The number of nitrogens with zero attached hydrogens (tertiary/aromatic N) is 2. The highest BCUT2D eigenvalue weighted by Crippen LogP contribution is 2.19. The fraction of sp³-hybridized carbons (Fsp3) is 0.611. The van der Waals surface area contributed by atoms with Crippen molar-refractivity contribution in [3.63, 3.8) is 0 Å². The number of hydrogen-bond donors (Lipinski definition) is 2. The molecule has 0 fully saturated rings. The number of hydrogen-bond acceptors (Lipinski definition) is 4. The Hall–Kier alpha value is -2.31. The lowest BCUT2D eigenvalue weighted by Crippen LogP contribution is -2.41. The number of nitrogens with one attached hydrogen (secondary N) is 1. The number of carbonyl (C=O) groups excluding carboxylic acids is 1. The maximum absolute atomic E-state index is 12.6. The standard InChI is InChI=1S/C18H30N4O3/c1-5-7-9-11-21(14(23)12-13(3)4)15-16(19)22(10-8-6-2)18(25)20-17(15)24/h12H,5-11,19H2,1-4H3,(H,20,24,25). The Balaban J connectivity index is 3.41. The second kappa shape index (κ2) is 9.86. The van der Waals surface area contributed by atoms with Crippen molar-refractivity contribution in [2.24, 2.45) is 0 Å². The zero-order valence-corrected chi connectivity index (χ0v) is 15.7. The van der Waals surface area contributed by atoms with Gasteiger partial charge in [0, 0.05) is 19.2 Å². The Morgan fingerprint density at radius 3 is 2.36 bits per heavy atom. The highest BCUT2D eigenvalue weighted by molar-refractivity contribution is 6.03. The quantitative estimate of drug-likeness (QED) is 0.527.